The molecule has 0 aliphatic carbocycles. The monoisotopic (exact) mass is 350 g/mol. The van der Waals surface area contributed by atoms with Gasteiger partial charge in [-0.05, 0) is 42.3 Å². The Morgan fingerprint density at radius 1 is 0.885 bits per heavy atom. The summed E-state index contributed by atoms with van der Waals surface area (Å²) in [7, 11) is 0. The van der Waals surface area contributed by atoms with Gasteiger partial charge in [0.15, 0.2) is 5.69 Å². The van der Waals surface area contributed by atoms with Crippen molar-refractivity contribution in [3.05, 3.63) is 88.9 Å². The Hall–Kier alpha value is -3.28. The minimum Gasteiger partial charge on any atom is -0.365 e. The zero-order valence-electron chi connectivity index (χ0n) is 14.4. The van der Waals surface area contributed by atoms with E-state index in [1.165, 1.54) is 17.7 Å². The molecule has 0 unspecified atom stereocenters. The van der Waals surface area contributed by atoms with Gasteiger partial charge < -0.3 is 10.6 Å². The van der Waals surface area contributed by atoms with Crippen LogP contribution < -0.4 is 10.6 Å². The largest absolute Gasteiger partial charge is 0.365 e. The summed E-state index contributed by atoms with van der Waals surface area (Å²) in [6.07, 6.45) is 0. The number of aromatic nitrogens is 2. The predicted octanol–water partition coefficient (Wildman–Crippen LogP) is 3.47. The Balaban J connectivity index is 1.52. The van der Waals surface area contributed by atoms with Gasteiger partial charge in [0.2, 0.25) is 0 Å². The lowest BCUT2D eigenvalue weighted by Gasteiger charge is -2.07. The van der Waals surface area contributed by atoms with E-state index in [2.05, 4.69) is 20.8 Å². The lowest BCUT2D eigenvalue weighted by molar-refractivity contribution is 0.0945. The molecule has 2 N–H and O–H groups in total. The standard InChI is InChI=1S/C20H19FN4O/c1-14-2-4-15(5-3-14)13-23-20(26)18-10-11-19(25-24-18)22-12-16-6-8-17(21)9-7-16/h2-11H,12-13H2,1H3,(H,22,25)(H,23,26). The Morgan fingerprint density at radius 2 is 1.54 bits per heavy atom. The Labute approximate surface area is 151 Å². The third kappa shape index (κ3) is 4.86. The molecule has 1 heterocycles. The lowest BCUT2D eigenvalue weighted by atomic mass is 10.1. The summed E-state index contributed by atoms with van der Waals surface area (Å²) in [6, 6.07) is 17.5. The lowest BCUT2D eigenvalue weighted by Crippen LogP contribution is -2.24. The van der Waals surface area contributed by atoms with Gasteiger partial charge in [-0.2, -0.15) is 0 Å². The summed E-state index contributed by atoms with van der Waals surface area (Å²) in [5.41, 5.74) is 3.38. The van der Waals surface area contributed by atoms with E-state index in [1.807, 2.05) is 31.2 Å². The van der Waals surface area contributed by atoms with Gasteiger partial charge in [-0.25, -0.2) is 4.39 Å². The fourth-order valence-corrected chi connectivity index (χ4v) is 2.32. The van der Waals surface area contributed by atoms with E-state index in [4.69, 9.17) is 0 Å². The van der Waals surface area contributed by atoms with Gasteiger partial charge in [0.25, 0.3) is 5.91 Å². The first-order valence-corrected chi connectivity index (χ1v) is 8.26. The average molecular weight is 350 g/mol. The second-order valence-electron chi connectivity index (χ2n) is 5.95. The zero-order chi connectivity index (χ0) is 18.4. The topological polar surface area (TPSA) is 66.9 Å². The summed E-state index contributed by atoms with van der Waals surface area (Å²) in [5.74, 6) is 0.00196. The van der Waals surface area contributed by atoms with Crippen LogP contribution in [0.1, 0.15) is 27.2 Å². The van der Waals surface area contributed by atoms with Crippen LogP contribution in [0.25, 0.3) is 0 Å². The van der Waals surface area contributed by atoms with Crippen LogP contribution in [-0.2, 0) is 13.1 Å². The van der Waals surface area contributed by atoms with Crippen molar-refractivity contribution in [3.8, 4) is 0 Å². The van der Waals surface area contributed by atoms with Crippen LogP contribution in [-0.4, -0.2) is 16.1 Å². The van der Waals surface area contributed by atoms with Crippen LogP contribution >= 0.6 is 0 Å². The Bertz CT molecular complexity index is 862. The number of hydrogen-bond donors (Lipinski definition) is 2. The minimum absolute atomic E-state index is 0.254. The van der Waals surface area contributed by atoms with Gasteiger partial charge in [0.1, 0.15) is 11.6 Å². The molecule has 1 amide bonds. The van der Waals surface area contributed by atoms with E-state index >= 15 is 0 Å². The second-order valence-corrected chi connectivity index (χ2v) is 5.95. The summed E-state index contributed by atoms with van der Waals surface area (Å²) in [4.78, 5) is 12.1. The molecule has 0 spiro atoms. The third-order valence-corrected chi connectivity index (χ3v) is 3.86. The van der Waals surface area contributed by atoms with E-state index in [9.17, 15) is 9.18 Å². The van der Waals surface area contributed by atoms with Crippen molar-refractivity contribution < 1.29 is 9.18 Å². The van der Waals surface area contributed by atoms with Gasteiger partial charge in [-0.1, -0.05) is 42.0 Å². The maximum Gasteiger partial charge on any atom is 0.272 e. The summed E-state index contributed by atoms with van der Waals surface area (Å²) < 4.78 is 12.9. The molecule has 3 rings (SSSR count). The molecule has 1 aromatic heterocycles. The molecule has 6 heteroatoms. The number of amides is 1. The van der Waals surface area contributed by atoms with E-state index in [0.717, 1.165) is 11.1 Å². The SMILES string of the molecule is Cc1ccc(CNC(=O)c2ccc(NCc3ccc(F)cc3)nn2)cc1. The fraction of sp³-hybridized carbons (Fsp3) is 0.150. The first-order chi connectivity index (χ1) is 12.6. The summed E-state index contributed by atoms with van der Waals surface area (Å²) >= 11 is 0. The van der Waals surface area contributed by atoms with Crippen molar-refractivity contribution in [2.45, 2.75) is 20.0 Å². The Morgan fingerprint density at radius 3 is 2.19 bits per heavy atom. The maximum atomic E-state index is 12.9. The minimum atomic E-state index is -0.275. The first-order valence-electron chi connectivity index (χ1n) is 8.26. The Kier molecular flexibility index (Phi) is 5.53. The van der Waals surface area contributed by atoms with E-state index in [-0.39, 0.29) is 17.4 Å². The van der Waals surface area contributed by atoms with Crippen molar-refractivity contribution in [2.24, 2.45) is 0 Å². The van der Waals surface area contributed by atoms with E-state index in [0.29, 0.717) is 18.9 Å². The summed E-state index contributed by atoms with van der Waals surface area (Å²) in [6.45, 7) is 2.95. The average Bonchev–Trinajstić information content (AvgIpc) is 2.67. The van der Waals surface area contributed by atoms with Crippen LogP contribution in [0.2, 0.25) is 0 Å². The number of aryl methyl sites for hydroxylation is 1. The van der Waals surface area contributed by atoms with Gasteiger partial charge >= 0.3 is 0 Å². The number of nitrogens with one attached hydrogen (secondary N) is 2. The smallest absolute Gasteiger partial charge is 0.272 e. The molecule has 0 aliphatic rings. The molecule has 2 aromatic carbocycles. The van der Waals surface area contributed by atoms with Crippen LogP contribution in [0, 0.1) is 12.7 Å². The van der Waals surface area contributed by atoms with Crippen molar-refractivity contribution >= 4 is 11.7 Å². The van der Waals surface area contributed by atoms with Gasteiger partial charge in [-0.3, -0.25) is 4.79 Å². The number of halogens is 1. The molecule has 0 aliphatic heterocycles. The van der Waals surface area contributed by atoms with E-state index < -0.39 is 0 Å². The summed E-state index contributed by atoms with van der Waals surface area (Å²) in [5, 5.41) is 13.9. The number of anilines is 1. The molecule has 0 atom stereocenters. The highest BCUT2D eigenvalue weighted by molar-refractivity contribution is 5.92. The number of rotatable bonds is 6. The van der Waals surface area contributed by atoms with Crippen molar-refractivity contribution in [1.29, 1.82) is 0 Å². The number of hydrogen-bond acceptors (Lipinski definition) is 4. The maximum absolute atomic E-state index is 12.9. The van der Waals surface area contributed by atoms with Crippen LogP contribution in [0.3, 0.4) is 0 Å². The molecular weight excluding hydrogens is 331 g/mol. The highest BCUT2D eigenvalue weighted by Crippen LogP contribution is 2.08. The molecule has 0 saturated carbocycles. The molecule has 3 aromatic rings. The van der Waals surface area contributed by atoms with E-state index in [1.54, 1.807) is 24.3 Å². The second kappa shape index (κ2) is 8.20. The number of carbonyl (C=O) groups is 1. The fourth-order valence-electron chi connectivity index (χ4n) is 2.32. The number of carbonyl (C=O) groups excluding carboxylic acids is 1. The van der Waals surface area contributed by atoms with Crippen LogP contribution in [0.5, 0.6) is 0 Å². The van der Waals surface area contributed by atoms with Gasteiger partial charge in [-0.15, -0.1) is 10.2 Å². The highest BCUT2D eigenvalue weighted by Gasteiger charge is 2.08. The highest BCUT2D eigenvalue weighted by atomic mass is 19.1. The molecule has 0 radical (unpaired) electrons. The van der Waals surface area contributed by atoms with Crippen LogP contribution in [0.4, 0.5) is 10.2 Å². The number of nitrogens with zero attached hydrogens (tertiary/aromatic N) is 2. The molecule has 0 bridgehead atoms. The zero-order valence-corrected chi connectivity index (χ0v) is 14.4. The van der Waals surface area contributed by atoms with Gasteiger partial charge in [0.05, 0.1) is 0 Å². The van der Waals surface area contributed by atoms with Crippen molar-refractivity contribution in [1.82, 2.24) is 15.5 Å². The quantitative estimate of drug-likeness (QED) is 0.714. The first kappa shape index (κ1) is 17.5. The molecule has 0 fully saturated rings. The molecule has 0 saturated heterocycles. The molecular formula is C20H19FN4O. The van der Waals surface area contributed by atoms with Crippen molar-refractivity contribution in [2.75, 3.05) is 5.32 Å². The van der Waals surface area contributed by atoms with Crippen LogP contribution in [0.15, 0.2) is 60.7 Å². The van der Waals surface area contributed by atoms with Gasteiger partial charge in [0, 0.05) is 13.1 Å². The normalized spacial score (nSPS) is 10.4. The molecule has 5 nitrogen and oxygen atoms in total. The predicted molar refractivity (Wildman–Crippen MR) is 98.1 cm³/mol. The third-order valence-electron chi connectivity index (χ3n) is 3.86. The molecule has 26 heavy (non-hydrogen) atoms. The van der Waals surface area contributed by atoms with Crippen molar-refractivity contribution in [3.63, 3.8) is 0 Å². The molecule has 132 valence electrons. The number of benzene rings is 2.